The highest BCUT2D eigenvalue weighted by molar-refractivity contribution is 5.95. The summed E-state index contributed by atoms with van der Waals surface area (Å²) in [6.07, 6.45) is 0.486. The Morgan fingerprint density at radius 1 is 1.19 bits per heavy atom. The van der Waals surface area contributed by atoms with E-state index in [1.54, 1.807) is 24.3 Å². The maximum absolute atomic E-state index is 11.9. The fourth-order valence-electron chi connectivity index (χ4n) is 1.46. The second-order valence-electron chi connectivity index (χ2n) is 4.28. The van der Waals surface area contributed by atoms with Crippen LogP contribution in [0.4, 0.5) is 0 Å². The third-order valence-electron chi connectivity index (χ3n) is 2.58. The van der Waals surface area contributed by atoms with Gasteiger partial charge in [0.05, 0.1) is 20.0 Å². The maximum Gasteiger partial charge on any atom is 0.339 e. The smallest absolute Gasteiger partial charge is 0.339 e. The molecule has 0 radical (unpaired) electrons. The van der Waals surface area contributed by atoms with Crippen molar-refractivity contribution in [2.45, 2.75) is 19.8 Å². The Labute approximate surface area is 122 Å². The van der Waals surface area contributed by atoms with Gasteiger partial charge in [-0.1, -0.05) is 23.8 Å². The molecule has 0 heterocycles. The first-order chi connectivity index (χ1) is 9.92. The summed E-state index contributed by atoms with van der Waals surface area (Å²) in [5, 5.41) is 8.79. The minimum Gasteiger partial charge on any atom is -0.481 e. The molecule has 0 fully saturated rings. The Kier molecular flexibility index (Phi) is 6.13. The zero-order chi connectivity index (χ0) is 15.8. The number of hydrogen-bond donors (Lipinski definition) is 1. The molecule has 112 valence electrons. The Morgan fingerprint density at radius 3 is 2.33 bits per heavy atom. The number of methoxy groups -OCH3 is 1. The van der Waals surface area contributed by atoms with E-state index in [1.165, 1.54) is 13.2 Å². The molecule has 6 heteroatoms. The van der Waals surface area contributed by atoms with Gasteiger partial charge in [0, 0.05) is 5.57 Å². The molecule has 0 saturated carbocycles. The van der Waals surface area contributed by atoms with E-state index in [0.717, 1.165) is 5.56 Å². The minimum absolute atomic E-state index is 0.103. The molecule has 0 bridgehead atoms. The number of carboxylic acids is 1. The van der Waals surface area contributed by atoms with Crippen molar-refractivity contribution in [2.24, 2.45) is 0 Å². The van der Waals surface area contributed by atoms with E-state index in [1.807, 2.05) is 6.92 Å². The summed E-state index contributed by atoms with van der Waals surface area (Å²) in [5.41, 5.74) is 0.898. The Morgan fingerprint density at radius 2 is 1.81 bits per heavy atom. The van der Waals surface area contributed by atoms with E-state index < -0.39 is 24.3 Å². The lowest BCUT2D eigenvalue weighted by Crippen LogP contribution is -2.15. The predicted octanol–water partition coefficient (Wildman–Crippen LogP) is 1.86. The molecule has 0 saturated heterocycles. The lowest BCUT2D eigenvalue weighted by atomic mass is 10.1. The molecule has 0 spiro atoms. The number of carboxylic acid groups (broad SMARTS) is 1. The van der Waals surface area contributed by atoms with Crippen molar-refractivity contribution in [3.8, 4) is 5.75 Å². The van der Waals surface area contributed by atoms with Crippen LogP contribution in [-0.2, 0) is 19.1 Å². The lowest BCUT2D eigenvalue weighted by Gasteiger charge is -2.07. The van der Waals surface area contributed by atoms with E-state index in [4.69, 9.17) is 9.84 Å². The molecule has 1 N–H and O–H groups in total. The van der Waals surface area contributed by atoms with Crippen molar-refractivity contribution < 1.29 is 29.0 Å². The normalized spacial score (nSPS) is 10.9. The van der Waals surface area contributed by atoms with Crippen molar-refractivity contribution in [1.29, 1.82) is 0 Å². The van der Waals surface area contributed by atoms with Crippen LogP contribution in [-0.4, -0.2) is 30.1 Å². The second-order valence-corrected chi connectivity index (χ2v) is 4.28. The van der Waals surface area contributed by atoms with Crippen LogP contribution in [0.2, 0.25) is 0 Å². The van der Waals surface area contributed by atoms with Crippen LogP contribution in [0, 0.1) is 6.92 Å². The molecular formula is C15H16O6. The highest BCUT2D eigenvalue weighted by Gasteiger charge is 2.16. The number of rotatable bonds is 6. The van der Waals surface area contributed by atoms with E-state index in [9.17, 15) is 14.4 Å². The van der Waals surface area contributed by atoms with Gasteiger partial charge in [-0.2, -0.15) is 0 Å². The predicted molar refractivity (Wildman–Crippen MR) is 73.8 cm³/mol. The number of aliphatic carboxylic acids is 1. The van der Waals surface area contributed by atoms with Crippen LogP contribution in [0.15, 0.2) is 35.9 Å². The first-order valence-corrected chi connectivity index (χ1v) is 6.19. The van der Waals surface area contributed by atoms with E-state index in [0.29, 0.717) is 5.75 Å². The molecule has 1 aromatic rings. The van der Waals surface area contributed by atoms with Crippen molar-refractivity contribution in [1.82, 2.24) is 0 Å². The van der Waals surface area contributed by atoms with Crippen molar-refractivity contribution in [2.75, 3.05) is 7.11 Å². The van der Waals surface area contributed by atoms with Gasteiger partial charge in [-0.3, -0.25) is 9.59 Å². The van der Waals surface area contributed by atoms with Crippen molar-refractivity contribution in [3.63, 3.8) is 0 Å². The zero-order valence-corrected chi connectivity index (χ0v) is 11.8. The molecule has 0 aliphatic rings. The summed E-state index contributed by atoms with van der Waals surface area (Å²) in [6, 6.07) is 6.73. The lowest BCUT2D eigenvalue weighted by molar-refractivity contribution is -0.140. The summed E-state index contributed by atoms with van der Waals surface area (Å²) in [6.45, 7) is 1.89. The summed E-state index contributed by atoms with van der Waals surface area (Å²) >= 11 is 0. The summed E-state index contributed by atoms with van der Waals surface area (Å²) < 4.78 is 9.51. The molecule has 1 aromatic carbocycles. The van der Waals surface area contributed by atoms with E-state index >= 15 is 0 Å². The third kappa shape index (κ3) is 5.90. The zero-order valence-electron chi connectivity index (χ0n) is 11.8. The Bertz CT molecular complexity index is 556. The number of benzene rings is 1. The first kappa shape index (κ1) is 16.4. The van der Waals surface area contributed by atoms with Gasteiger partial charge in [0.1, 0.15) is 5.75 Å². The summed E-state index contributed by atoms with van der Waals surface area (Å²) in [7, 11) is 1.21. The van der Waals surface area contributed by atoms with Crippen LogP contribution in [0.5, 0.6) is 5.75 Å². The minimum atomic E-state index is -1.19. The summed E-state index contributed by atoms with van der Waals surface area (Å²) in [5.74, 6) is -2.25. The number of ether oxygens (including phenoxy) is 2. The van der Waals surface area contributed by atoms with E-state index in [-0.39, 0.29) is 12.0 Å². The SMILES string of the molecule is COC(=O)CC=C(CC(=O)O)C(=O)Oc1ccc(C)cc1. The monoisotopic (exact) mass is 292 g/mol. The second kappa shape index (κ2) is 7.84. The highest BCUT2D eigenvalue weighted by atomic mass is 16.5. The molecule has 0 aromatic heterocycles. The van der Waals surface area contributed by atoms with E-state index in [2.05, 4.69) is 4.74 Å². The van der Waals surface area contributed by atoms with Crippen LogP contribution in [0.1, 0.15) is 18.4 Å². The number of aryl methyl sites for hydroxylation is 1. The molecular weight excluding hydrogens is 276 g/mol. The average Bonchev–Trinajstić information content (AvgIpc) is 2.45. The molecule has 0 aliphatic carbocycles. The number of esters is 2. The topological polar surface area (TPSA) is 89.9 Å². The van der Waals surface area contributed by atoms with Gasteiger partial charge in [0.25, 0.3) is 0 Å². The standard InChI is InChI=1S/C15H16O6/c1-10-3-6-12(7-4-10)21-15(19)11(9-13(16)17)5-8-14(18)20-2/h3-7H,8-9H2,1-2H3,(H,16,17). The van der Waals surface area contributed by atoms with Gasteiger partial charge in [-0.25, -0.2) is 4.79 Å². The fraction of sp³-hybridized carbons (Fsp3) is 0.267. The Balaban J connectivity index is 2.81. The van der Waals surface area contributed by atoms with Gasteiger partial charge in [-0.15, -0.1) is 0 Å². The highest BCUT2D eigenvalue weighted by Crippen LogP contribution is 2.15. The third-order valence-corrected chi connectivity index (χ3v) is 2.58. The molecule has 21 heavy (non-hydrogen) atoms. The fourth-order valence-corrected chi connectivity index (χ4v) is 1.46. The quantitative estimate of drug-likeness (QED) is 0.489. The van der Waals surface area contributed by atoms with Gasteiger partial charge in [-0.05, 0) is 19.1 Å². The van der Waals surface area contributed by atoms with Crippen LogP contribution >= 0.6 is 0 Å². The van der Waals surface area contributed by atoms with Crippen LogP contribution in [0.3, 0.4) is 0 Å². The van der Waals surface area contributed by atoms with Gasteiger partial charge < -0.3 is 14.6 Å². The number of carbonyl (C=O) groups excluding carboxylic acids is 2. The van der Waals surface area contributed by atoms with Gasteiger partial charge in [0.2, 0.25) is 0 Å². The van der Waals surface area contributed by atoms with Gasteiger partial charge in [0.15, 0.2) is 0 Å². The van der Waals surface area contributed by atoms with Crippen molar-refractivity contribution in [3.05, 3.63) is 41.5 Å². The maximum atomic E-state index is 11.9. The molecule has 0 aliphatic heterocycles. The first-order valence-electron chi connectivity index (χ1n) is 6.19. The molecule has 6 nitrogen and oxygen atoms in total. The summed E-state index contributed by atoms with van der Waals surface area (Å²) in [4.78, 5) is 33.7. The van der Waals surface area contributed by atoms with Crippen molar-refractivity contribution >= 4 is 17.9 Å². The molecule has 0 atom stereocenters. The average molecular weight is 292 g/mol. The number of carbonyl (C=O) groups is 3. The number of hydrogen-bond acceptors (Lipinski definition) is 5. The van der Waals surface area contributed by atoms with Crippen LogP contribution < -0.4 is 4.74 Å². The van der Waals surface area contributed by atoms with Gasteiger partial charge >= 0.3 is 17.9 Å². The molecule has 1 rings (SSSR count). The molecule has 0 unspecified atom stereocenters. The molecule has 0 amide bonds. The largest absolute Gasteiger partial charge is 0.481 e. The van der Waals surface area contributed by atoms with Crippen LogP contribution in [0.25, 0.3) is 0 Å². The Hall–Kier alpha value is -2.63.